The summed E-state index contributed by atoms with van der Waals surface area (Å²) < 4.78 is 1.16. The van der Waals surface area contributed by atoms with Crippen molar-refractivity contribution in [3.63, 3.8) is 0 Å². The number of nitrogens with zero attached hydrogens (tertiary/aromatic N) is 1. The highest BCUT2D eigenvalue weighted by Crippen LogP contribution is 2.15. The fourth-order valence-electron chi connectivity index (χ4n) is 1.82. The van der Waals surface area contributed by atoms with Crippen LogP contribution in [0.15, 0.2) is 0 Å². The molecule has 3 heteroatoms. The van der Waals surface area contributed by atoms with Gasteiger partial charge in [0, 0.05) is 0 Å². The lowest BCUT2D eigenvalue weighted by molar-refractivity contribution is -0.926. The third kappa shape index (κ3) is 2.56. The second-order valence-electron chi connectivity index (χ2n) is 3.46. The normalized spacial score (nSPS) is 21.7. The van der Waals surface area contributed by atoms with E-state index in [0.717, 1.165) is 30.4 Å². The number of piperidine rings is 1. The summed E-state index contributed by atoms with van der Waals surface area (Å²) in [5, 5.41) is 0. The molecule has 1 rings (SSSR count). The van der Waals surface area contributed by atoms with E-state index >= 15 is 0 Å². The number of carbonyl (C=O) groups excluding carboxylic acids is 1. The van der Waals surface area contributed by atoms with Crippen molar-refractivity contribution in [3.05, 3.63) is 0 Å². The Labute approximate surface area is 85.3 Å². The molecule has 0 atom stereocenters. The molecule has 0 aromatic heterocycles. The van der Waals surface area contributed by atoms with Crippen LogP contribution in [0.4, 0.5) is 0 Å². The number of ketones is 1. The highest BCUT2D eigenvalue weighted by atomic mass is 79.9. The van der Waals surface area contributed by atoms with Crippen LogP contribution in [0, 0.1) is 0 Å². The molecule has 1 aliphatic rings. The Morgan fingerprint density at radius 2 is 1.58 bits per heavy atom. The van der Waals surface area contributed by atoms with E-state index in [0.29, 0.717) is 5.78 Å². The van der Waals surface area contributed by atoms with Gasteiger partial charge >= 0.3 is 0 Å². The van der Waals surface area contributed by atoms with E-state index < -0.39 is 0 Å². The van der Waals surface area contributed by atoms with Crippen LogP contribution in [-0.2, 0) is 4.79 Å². The van der Waals surface area contributed by atoms with E-state index in [1.54, 1.807) is 0 Å². The number of Topliss-reactive ketones (excluding diaryl/α,β-unsaturated/α-hetero) is 1. The molecular formula is C9H18BrNO. The van der Waals surface area contributed by atoms with Crippen LogP contribution in [0.5, 0.6) is 0 Å². The minimum absolute atomic E-state index is 0. The molecule has 0 aromatic carbocycles. The van der Waals surface area contributed by atoms with Crippen molar-refractivity contribution >= 4 is 5.78 Å². The van der Waals surface area contributed by atoms with Gasteiger partial charge in [-0.15, -0.1) is 0 Å². The van der Waals surface area contributed by atoms with Crippen LogP contribution in [0.3, 0.4) is 0 Å². The lowest BCUT2D eigenvalue weighted by Crippen LogP contribution is -3.00. The third-order valence-electron chi connectivity index (χ3n) is 3.07. The number of hydrogen-bond acceptors (Lipinski definition) is 1. The van der Waals surface area contributed by atoms with Gasteiger partial charge in [-0.2, -0.15) is 0 Å². The molecule has 2 nitrogen and oxygen atoms in total. The molecule has 72 valence electrons. The van der Waals surface area contributed by atoms with E-state index in [4.69, 9.17) is 0 Å². The summed E-state index contributed by atoms with van der Waals surface area (Å²) in [7, 11) is 0. The molecule has 0 aromatic rings. The Kier molecular flexibility index (Phi) is 5.02. The van der Waals surface area contributed by atoms with Gasteiger partial charge in [0.1, 0.15) is 5.78 Å². The maximum Gasteiger partial charge on any atom is 0.144 e. The molecule has 1 heterocycles. The van der Waals surface area contributed by atoms with Crippen molar-refractivity contribution < 1.29 is 26.3 Å². The summed E-state index contributed by atoms with van der Waals surface area (Å²) >= 11 is 0. The average Bonchev–Trinajstić information content (AvgIpc) is 2.07. The van der Waals surface area contributed by atoms with Crippen molar-refractivity contribution in [1.82, 2.24) is 0 Å². The summed E-state index contributed by atoms with van der Waals surface area (Å²) in [5.74, 6) is 0.459. The van der Waals surface area contributed by atoms with Gasteiger partial charge < -0.3 is 21.5 Å². The highest BCUT2D eigenvalue weighted by molar-refractivity contribution is 5.78. The second-order valence-corrected chi connectivity index (χ2v) is 3.46. The molecular weight excluding hydrogens is 218 g/mol. The highest BCUT2D eigenvalue weighted by Gasteiger charge is 2.29. The van der Waals surface area contributed by atoms with Gasteiger partial charge in [0.15, 0.2) is 0 Å². The van der Waals surface area contributed by atoms with Gasteiger partial charge in [-0.3, -0.25) is 4.79 Å². The number of carbonyl (C=O) groups is 1. The van der Waals surface area contributed by atoms with Crippen molar-refractivity contribution in [2.45, 2.75) is 26.7 Å². The quantitative estimate of drug-likeness (QED) is 0.518. The van der Waals surface area contributed by atoms with Gasteiger partial charge in [0.25, 0.3) is 0 Å². The molecule has 0 bridgehead atoms. The van der Waals surface area contributed by atoms with E-state index in [1.807, 2.05) is 0 Å². The van der Waals surface area contributed by atoms with Gasteiger partial charge in [0.05, 0.1) is 39.0 Å². The Balaban J connectivity index is 0.00000121. The van der Waals surface area contributed by atoms with Crippen LogP contribution in [0.1, 0.15) is 26.7 Å². The van der Waals surface area contributed by atoms with Crippen molar-refractivity contribution in [2.24, 2.45) is 0 Å². The first kappa shape index (κ1) is 12.1. The van der Waals surface area contributed by atoms with Gasteiger partial charge in [0.2, 0.25) is 0 Å². The zero-order chi connectivity index (χ0) is 8.32. The SMILES string of the molecule is CC[N+]1(CC)CCC(=O)CC1.[Br-]. The number of likely N-dealkylation sites (tertiary alicyclic amines) is 1. The fourth-order valence-corrected chi connectivity index (χ4v) is 1.82. The predicted molar refractivity (Wildman–Crippen MR) is 45.3 cm³/mol. The summed E-state index contributed by atoms with van der Waals surface area (Å²) in [6.45, 7) is 8.96. The standard InChI is InChI=1S/C9H18NO.BrH/c1-3-10(4-2)7-5-9(11)6-8-10;/h3-8H2,1-2H3;1H/q+1;/p-1. The zero-order valence-corrected chi connectivity index (χ0v) is 9.56. The molecule has 1 saturated heterocycles. The summed E-state index contributed by atoms with van der Waals surface area (Å²) in [6, 6.07) is 0. The molecule has 1 aliphatic heterocycles. The first-order chi connectivity index (χ1) is 5.22. The van der Waals surface area contributed by atoms with Gasteiger partial charge in [-0.1, -0.05) is 0 Å². The number of quaternary nitrogens is 1. The minimum Gasteiger partial charge on any atom is -1.00 e. The molecule has 0 saturated carbocycles. The van der Waals surface area contributed by atoms with Crippen molar-refractivity contribution in [1.29, 1.82) is 0 Å². The van der Waals surface area contributed by atoms with Crippen LogP contribution < -0.4 is 17.0 Å². The third-order valence-corrected chi connectivity index (χ3v) is 3.07. The van der Waals surface area contributed by atoms with Crippen LogP contribution in [-0.4, -0.2) is 36.4 Å². The van der Waals surface area contributed by atoms with Crippen LogP contribution >= 0.6 is 0 Å². The molecule has 0 radical (unpaired) electrons. The lowest BCUT2D eigenvalue weighted by Gasteiger charge is -2.39. The molecule has 0 amide bonds. The molecule has 0 unspecified atom stereocenters. The summed E-state index contributed by atoms with van der Waals surface area (Å²) in [5.41, 5.74) is 0. The van der Waals surface area contributed by atoms with E-state index in [-0.39, 0.29) is 17.0 Å². The number of hydrogen-bond donors (Lipinski definition) is 0. The Hall–Kier alpha value is 0.110. The lowest BCUT2D eigenvalue weighted by atomic mass is 10.1. The van der Waals surface area contributed by atoms with Crippen molar-refractivity contribution in [3.8, 4) is 0 Å². The molecule has 1 fully saturated rings. The number of rotatable bonds is 2. The predicted octanol–water partition coefficient (Wildman–Crippen LogP) is -1.79. The smallest absolute Gasteiger partial charge is 0.144 e. The van der Waals surface area contributed by atoms with Crippen molar-refractivity contribution in [2.75, 3.05) is 26.2 Å². The molecule has 0 spiro atoms. The topological polar surface area (TPSA) is 17.1 Å². The first-order valence-electron chi connectivity index (χ1n) is 4.59. The molecule has 0 N–H and O–H groups in total. The molecule has 0 aliphatic carbocycles. The van der Waals surface area contributed by atoms with E-state index in [1.165, 1.54) is 13.1 Å². The van der Waals surface area contributed by atoms with Crippen LogP contribution in [0.25, 0.3) is 0 Å². The summed E-state index contributed by atoms with van der Waals surface area (Å²) in [4.78, 5) is 11.0. The summed E-state index contributed by atoms with van der Waals surface area (Å²) in [6.07, 6.45) is 1.61. The Morgan fingerprint density at radius 1 is 1.17 bits per heavy atom. The zero-order valence-electron chi connectivity index (χ0n) is 7.98. The van der Waals surface area contributed by atoms with Crippen LogP contribution in [0.2, 0.25) is 0 Å². The minimum atomic E-state index is 0. The second kappa shape index (κ2) is 4.97. The first-order valence-corrected chi connectivity index (χ1v) is 4.59. The average molecular weight is 236 g/mol. The Bertz CT molecular complexity index is 143. The monoisotopic (exact) mass is 235 g/mol. The largest absolute Gasteiger partial charge is 1.00 e. The molecule has 12 heavy (non-hydrogen) atoms. The fraction of sp³-hybridized carbons (Fsp3) is 0.889. The van der Waals surface area contributed by atoms with E-state index in [9.17, 15) is 4.79 Å². The maximum atomic E-state index is 11.0. The number of halogens is 1. The van der Waals surface area contributed by atoms with Gasteiger partial charge in [-0.05, 0) is 13.8 Å². The van der Waals surface area contributed by atoms with E-state index in [2.05, 4.69) is 13.8 Å². The van der Waals surface area contributed by atoms with Gasteiger partial charge in [-0.25, -0.2) is 0 Å². The maximum absolute atomic E-state index is 11.0. The Morgan fingerprint density at radius 3 is 1.92 bits per heavy atom.